The van der Waals surface area contributed by atoms with E-state index in [2.05, 4.69) is 97.6 Å². The predicted octanol–water partition coefficient (Wildman–Crippen LogP) is 8.45. The summed E-state index contributed by atoms with van der Waals surface area (Å²) >= 11 is 0. The number of ether oxygens (including phenoxy) is 3. The van der Waals surface area contributed by atoms with Gasteiger partial charge in [0.05, 0.1) is 24.4 Å². The lowest BCUT2D eigenvalue weighted by molar-refractivity contribution is -0.150. The minimum Gasteiger partial charge on any atom is -0.462 e. The van der Waals surface area contributed by atoms with Crippen LogP contribution in [-0.2, 0) is 14.2 Å². The van der Waals surface area contributed by atoms with Crippen molar-refractivity contribution in [2.75, 3.05) is 6.61 Å². The molecule has 0 N–H and O–H groups in total. The molecule has 208 valence electrons. The van der Waals surface area contributed by atoms with E-state index in [0.717, 1.165) is 22.7 Å². The van der Waals surface area contributed by atoms with Crippen molar-refractivity contribution in [1.29, 1.82) is 0 Å². The van der Waals surface area contributed by atoms with Gasteiger partial charge in [-0.15, -0.1) is 0 Å². The summed E-state index contributed by atoms with van der Waals surface area (Å²) in [6.45, 7) is 26.5. The highest BCUT2D eigenvalue weighted by Crippen LogP contribution is 2.37. The maximum Gasteiger partial charge on any atom is 0.338 e. The standard InChI is InChI=1S/C32H52O4Si/c1-21(2)23(4)13-14-24(5)29-30(36-32(8,9)35-29)25(6)15-16-27-20-22(3)19-26(7)28(27)31(33)34-17-18-37(10,11)12/h13-16,19-21,23-25,29-30H,17-18H2,1-12H3/b14-13-,16-15+/t23-,24?,25?,29?,30?/m1/s1. The van der Waals surface area contributed by atoms with Crippen LogP contribution in [0.15, 0.2) is 30.4 Å². The number of hydrogen-bond donors (Lipinski definition) is 0. The van der Waals surface area contributed by atoms with Crippen molar-refractivity contribution in [3.05, 3.63) is 52.6 Å². The molecule has 0 spiro atoms. The highest BCUT2D eigenvalue weighted by atomic mass is 28.3. The number of esters is 1. The summed E-state index contributed by atoms with van der Waals surface area (Å²) in [6, 6.07) is 5.08. The molecule has 37 heavy (non-hydrogen) atoms. The fraction of sp³-hybridized carbons (Fsp3) is 0.656. The van der Waals surface area contributed by atoms with Crippen molar-refractivity contribution in [2.24, 2.45) is 23.7 Å². The molecule has 5 heteroatoms. The Hall–Kier alpha value is -1.69. The average molecular weight is 529 g/mol. The molecule has 4 unspecified atom stereocenters. The molecule has 0 saturated carbocycles. The van der Waals surface area contributed by atoms with E-state index in [1.807, 2.05) is 20.8 Å². The van der Waals surface area contributed by atoms with Crippen LogP contribution in [0.2, 0.25) is 25.7 Å². The zero-order valence-electron chi connectivity index (χ0n) is 25.5. The summed E-state index contributed by atoms with van der Waals surface area (Å²) in [5.41, 5.74) is 3.63. The molecule has 4 nitrogen and oxygen atoms in total. The highest BCUT2D eigenvalue weighted by Gasteiger charge is 2.45. The molecule has 1 aliphatic rings. The molecule has 0 aliphatic carbocycles. The van der Waals surface area contributed by atoms with Gasteiger partial charge in [-0.3, -0.25) is 0 Å². The zero-order valence-corrected chi connectivity index (χ0v) is 26.5. The van der Waals surface area contributed by atoms with E-state index >= 15 is 0 Å². The minimum atomic E-state index is -1.27. The normalized spacial score (nSPS) is 22.6. The first kappa shape index (κ1) is 31.5. The maximum absolute atomic E-state index is 13.1. The molecule has 5 atom stereocenters. The van der Waals surface area contributed by atoms with Gasteiger partial charge >= 0.3 is 5.97 Å². The Labute approximate surface area is 227 Å². The van der Waals surface area contributed by atoms with E-state index in [9.17, 15) is 4.79 Å². The number of allylic oxidation sites excluding steroid dienone is 1. The number of rotatable bonds is 11. The van der Waals surface area contributed by atoms with Crippen LogP contribution in [0, 0.1) is 37.5 Å². The Bertz CT molecular complexity index is 970. The summed E-state index contributed by atoms with van der Waals surface area (Å²) in [4.78, 5) is 13.1. The maximum atomic E-state index is 13.1. The molecule has 0 amide bonds. The largest absolute Gasteiger partial charge is 0.462 e. The van der Waals surface area contributed by atoms with Crippen LogP contribution >= 0.6 is 0 Å². The molecule has 1 heterocycles. The lowest BCUT2D eigenvalue weighted by atomic mass is 9.89. The van der Waals surface area contributed by atoms with E-state index < -0.39 is 13.9 Å². The summed E-state index contributed by atoms with van der Waals surface area (Å²) in [5.74, 6) is 0.577. The van der Waals surface area contributed by atoms with Crippen LogP contribution in [0.4, 0.5) is 0 Å². The van der Waals surface area contributed by atoms with Crippen molar-refractivity contribution < 1.29 is 19.0 Å². The SMILES string of the molecule is Cc1cc(C)c(C(=O)OCC[Si](C)(C)C)c(/C=C/C(C)C2OC(C)(C)OC2C(C)/C=C\[C@@H](C)C(C)C)c1. The summed E-state index contributed by atoms with van der Waals surface area (Å²) in [7, 11) is -1.27. The first-order chi connectivity index (χ1) is 17.0. The van der Waals surface area contributed by atoms with E-state index in [0.29, 0.717) is 24.0 Å². The molecule has 1 fully saturated rings. The number of aryl methyl sites for hydroxylation is 2. The second-order valence-corrected chi connectivity index (χ2v) is 18.7. The van der Waals surface area contributed by atoms with E-state index in [1.165, 1.54) is 0 Å². The van der Waals surface area contributed by atoms with E-state index in [1.54, 1.807) is 0 Å². The van der Waals surface area contributed by atoms with Crippen LogP contribution in [0.3, 0.4) is 0 Å². The van der Waals surface area contributed by atoms with Gasteiger partial charge in [0.25, 0.3) is 0 Å². The smallest absolute Gasteiger partial charge is 0.338 e. The lowest BCUT2D eigenvalue weighted by Crippen LogP contribution is -2.33. The van der Waals surface area contributed by atoms with Gasteiger partial charge in [0, 0.05) is 19.9 Å². The van der Waals surface area contributed by atoms with Gasteiger partial charge in [0.1, 0.15) is 0 Å². The second-order valence-electron chi connectivity index (χ2n) is 13.1. The first-order valence-electron chi connectivity index (χ1n) is 14.0. The molecule has 0 aromatic heterocycles. The van der Waals surface area contributed by atoms with Gasteiger partial charge in [-0.2, -0.15) is 0 Å². The van der Waals surface area contributed by atoms with Crippen molar-refractivity contribution in [3.63, 3.8) is 0 Å². The number of benzene rings is 1. The van der Waals surface area contributed by atoms with Gasteiger partial charge in [0.15, 0.2) is 5.79 Å². The second kappa shape index (κ2) is 12.9. The molecular formula is C32H52O4Si. The Morgan fingerprint density at radius 1 is 0.973 bits per heavy atom. The van der Waals surface area contributed by atoms with Crippen LogP contribution in [0.25, 0.3) is 6.08 Å². The van der Waals surface area contributed by atoms with Crippen LogP contribution in [-0.4, -0.2) is 38.6 Å². The Morgan fingerprint density at radius 3 is 2.08 bits per heavy atom. The third-order valence-electron chi connectivity index (χ3n) is 7.35. The Morgan fingerprint density at radius 2 is 1.54 bits per heavy atom. The lowest BCUT2D eigenvalue weighted by Gasteiger charge is -2.25. The van der Waals surface area contributed by atoms with Crippen molar-refractivity contribution in [3.8, 4) is 0 Å². The quantitative estimate of drug-likeness (QED) is 0.164. The number of hydrogen-bond acceptors (Lipinski definition) is 4. The molecule has 0 bridgehead atoms. The third-order valence-corrected chi connectivity index (χ3v) is 9.05. The zero-order chi connectivity index (χ0) is 28.1. The molecule has 1 aromatic carbocycles. The monoisotopic (exact) mass is 528 g/mol. The Balaban J connectivity index is 2.25. The summed E-state index contributed by atoms with van der Waals surface area (Å²) in [6.07, 6.45) is 8.67. The molecular weight excluding hydrogens is 476 g/mol. The topological polar surface area (TPSA) is 44.8 Å². The molecule has 1 aliphatic heterocycles. The van der Waals surface area contributed by atoms with Crippen molar-refractivity contribution in [2.45, 2.75) is 106 Å². The van der Waals surface area contributed by atoms with Crippen LogP contribution < -0.4 is 0 Å². The molecule has 0 radical (unpaired) electrons. The molecule has 1 aromatic rings. The van der Waals surface area contributed by atoms with Crippen LogP contribution in [0.1, 0.15) is 75.5 Å². The highest BCUT2D eigenvalue weighted by molar-refractivity contribution is 6.76. The average Bonchev–Trinajstić information content (AvgIpc) is 3.09. The Kier molecular flexibility index (Phi) is 11.0. The predicted molar refractivity (Wildman–Crippen MR) is 159 cm³/mol. The number of carbonyl (C=O) groups excluding carboxylic acids is 1. The van der Waals surface area contributed by atoms with Crippen LogP contribution in [0.5, 0.6) is 0 Å². The summed E-state index contributed by atoms with van der Waals surface area (Å²) in [5, 5.41) is 0. The first-order valence-corrected chi connectivity index (χ1v) is 17.7. The minimum absolute atomic E-state index is 0.0458. The van der Waals surface area contributed by atoms with Gasteiger partial charge in [0.2, 0.25) is 0 Å². The van der Waals surface area contributed by atoms with E-state index in [4.69, 9.17) is 14.2 Å². The fourth-order valence-corrected chi connectivity index (χ4v) is 5.32. The van der Waals surface area contributed by atoms with Crippen molar-refractivity contribution in [1.82, 2.24) is 0 Å². The van der Waals surface area contributed by atoms with Gasteiger partial charge in [-0.1, -0.05) is 96.3 Å². The van der Waals surface area contributed by atoms with Gasteiger partial charge in [-0.25, -0.2) is 4.79 Å². The molecule has 2 rings (SSSR count). The van der Waals surface area contributed by atoms with Crippen molar-refractivity contribution >= 4 is 20.1 Å². The third kappa shape index (κ3) is 9.53. The summed E-state index contributed by atoms with van der Waals surface area (Å²) < 4.78 is 18.5. The van der Waals surface area contributed by atoms with Gasteiger partial charge in [-0.05, 0) is 56.7 Å². The molecule has 1 saturated heterocycles. The number of carbonyl (C=O) groups is 1. The fourth-order valence-electron chi connectivity index (χ4n) is 4.61. The van der Waals surface area contributed by atoms with E-state index in [-0.39, 0.29) is 30.0 Å². The van der Waals surface area contributed by atoms with Gasteiger partial charge < -0.3 is 14.2 Å².